The summed E-state index contributed by atoms with van der Waals surface area (Å²) >= 11 is 6.12. The number of carbonyl (C=O) groups excluding carboxylic acids is 2. The fourth-order valence-corrected chi connectivity index (χ4v) is 3.97. The van der Waals surface area contributed by atoms with E-state index in [9.17, 15) is 9.59 Å². The Labute approximate surface area is 189 Å². The Kier molecular flexibility index (Phi) is 6.35. The molecule has 3 amide bonds. The van der Waals surface area contributed by atoms with Gasteiger partial charge in [-0.05, 0) is 48.7 Å². The Balaban J connectivity index is 1.76. The molecule has 0 spiro atoms. The van der Waals surface area contributed by atoms with Crippen molar-refractivity contribution >= 4 is 23.5 Å². The van der Waals surface area contributed by atoms with Gasteiger partial charge in [-0.1, -0.05) is 56.6 Å². The number of nitrogens with zero attached hydrogens (tertiary/aromatic N) is 2. The standard InChI is InChI=1S/C24H30ClN3O3/c1-23(2,3)17-7-9-18(10-8-17)24(4)21(29)28(22(30)26-24)15-27(5)14-16-13-19(25)11-12-20(16)31-6/h7-13H,14-15H2,1-6H3,(H,26,30). The molecule has 31 heavy (non-hydrogen) atoms. The number of benzene rings is 2. The lowest BCUT2D eigenvalue weighted by Gasteiger charge is -2.26. The topological polar surface area (TPSA) is 61.9 Å². The first-order valence-electron chi connectivity index (χ1n) is 10.2. The second-order valence-corrected chi connectivity index (χ2v) is 9.66. The van der Waals surface area contributed by atoms with Crippen LogP contribution in [0, 0.1) is 0 Å². The average Bonchev–Trinajstić information content (AvgIpc) is 2.91. The van der Waals surface area contributed by atoms with Gasteiger partial charge in [-0.15, -0.1) is 0 Å². The van der Waals surface area contributed by atoms with Gasteiger partial charge >= 0.3 is 6.03 Å². The first kappa shape index (κ1) is 23.1. The monoisotopic (exact) mass is 443 g/mol. The third-order valence-corrected chi connectivity index (χ3v) is 5.90. The number of hydrogen-bond donors (Lipinski definition) is 1. The highest BCUT2D eigenvalue weighted by Gasteiger charge is 2.49. The first-order chi connectivity index (χ1) is 14.5. The Bertz CT molecular complexity index is 985. The maximum absolute atomic E-state index is 13.3. The minimum Gasteiger partial charge on any atom is -0.496 e. The summed E-state index contributed by atoms with van der Waals surface area (Å²) in [5, 5.41) is 3.47. The summed E-state index contributed by atoms with van der Waals surface area (Å²) in [6, 6.07) is 12.8. The van der Waals surface area contributed by atoms with Gasteiger partial charge in [-0.2, -0.15) is 0 Å². The maximum atomic E-state index is 13.3. The van der Waals surface area contributed by atoms with Crippen molar-refractivity contribution < 1.29 is 14.3 Å². The summed E-state index contributed by atoms with van der Waals surface area (Å²) in [6.45, 7) is 8.78. The van der Waals surface area contributed by atoms with Crippen LogP contribution in [0.25, 0.3) is 0 Å². The normalized spacial score (nSPS) is 19.2. The van der Waals surface area contributed by atoms with Gasteiger partial charge < -0.3 is 10.1 Å². The van der Waals surface area contributed by atoms with Gasteiger partial charge in [0.2, 0.25) is 0 Å². The van der Waals surface area contributed by atoms with Crippen LogP contribution in [-0.2, 0) is 22.3 Å². The molecule has 1 aliphatic heterocycles. The number of ether oxygens (including phenoxy) is 1. The van der Waals surface area contributed by atoms with E-state index >= 15 is 0 Å². The van der Waals surface area contributed by atoms with Crippen LogP contribution in [0.3, 0.4) is 0 Å². The number of urea groups is 1. The van der Waals surface area contributed by atoms with Crippen molar-refractivity contribution in [1.29, 1.82) is 0 Å². The van der Waals surface area contributed by atoms with Gasteiger partial charge in [0.15, 0.2) is 0 Å². The van der Waals surface area contributed by atoms with Crippen molar-refractivity contribution in [3.63, 3.8) is 0 Å². The fraction of sp³-hybridized carbons (Fsp3) is 0.417. The average molecular weight is 444 g/mol. The summed E-state index contributed by atoms with van der Waals surface area (Å²) in [5.41, 5.74) is 1.73. The molecule has 1 unspecified atom stereocenters. The van der Waals surface area contributed by atoms with Crippen molar-refractivity contribution in [3.8, 4) is 5.75 Å². The van der Waals surface area contributed by atoms with E-state index in [-0.39, 0.29) is 18.0 Å². The van der Waals surface area contributed by atoms with Gasteiger partial charge in [0, 0.05) is 17.1 Å². The second-order valence-electron chi connectivity index (χ2n) is 9.23. The second kappa shape index (κ2) is 8.52. The van der Waals surface area contributed by atoms with Crippen LogP contribution < -0.4 is 10.1 Å². The number of hydrogen-bond acceptors (Lipinski definition) is 4. The Morgan fingerprint density at radius 2 is 1.77 bits per heavy atom. The molecule has 6 nitrogen and oxygen atoms in total. The molecule has 1 atom stereocenters. The number of imide groups is 1. The molecule has 0 radical (unpaired) electrons. The fourth-order valence-electron chi connectivity index (χ4n) is 3.78. The largest absolute Gasteiger partial charge is 0.496 e. The molecule has 2 aromatic carbocycles. The smallest absolute Gasteiger partial charge is 0.326 e. The van der Waals surface area contributed by atoms with Crippen LogP contribution in [0.5, 0.6) is 5.75 Å². The van der Waals surface area contributed by atoms with Crippen LogP contribution in [0.1, 0.15) is 44.4 Å². The van der Waals surface area contributed by atoms with Crippen molar-refractivity contribution in [2.75, 3.05) is 20.8 Å². The molecule has 2 aromatic rings. The zero-order valence-electron chi connectivity index (χ0n) is 19.0. The SMILES string of the molecule is COc1ccc(Cl)cc1CN(C)CN1C(=O)NC(C)(c2ccc(C(C)(C)C)cc2)C1=O. The van der Waals surface area contributed by atoms with Crippen LogP contribution in [0.2, 0.25) is 5.02 Å². The maximum Gasteiger partial charge on any atom is 0.326 e. The van der Waals surface area contributed by atoms with Gasteiger partial charge in [0.1, 0.15) is 11.3 Å². The number of halogens is 1. The zero-order chi connectivity index (χ0) is 23.0. The Hall–Kier alpha value is -2.57. The summed E-state index contributed by atoms with van der Waals surface area (Å²) in [6.07, 6.45) is 0. The molecule has 0 bridgehead atoms. The minimum atomic E-state index is -1.10. The molecule has 1 N–H and O–H groups in total. The molecule has 166 valence electrons. The van der Waals surface area contributed by atoms with E-state index in [0.717, 1.165) is 11.1 Å². The Morgan fingerprint density at radius 1 is 1.13 bits per heavy atom. The van der Waals surface area contributed by atoms with Gasteiger partial charge in [-0.3, -0.25) is 9.69 Å². The van der Waals surface area contributed by atoms with E-state index in [1.54, 1.807) is 26.2 Å². The molecular formula is C24H30ClN3O3. The lowest BCUT2D eigenvalue weighted by molar-refractivity contribution is -0.132. The molecular weight excluding hydrogens is 414 g/mol. The molecule has 0 aromatic heterocycles. The van der Waals surface area contributed by atoms with Crippen LogP contribution in [-0.4, -0.2) is 42.6 Å². The summed E-state index contributed by atoms with van der Waals surface area (Å²) in [4.78, 5) is 29.1. The predicted octanol–water partition coefficient (Wildman–Crippen LogP) is 4.50. The van der Waals surface area contributed by atoms with Crippen LogP contribution in [0.4, 0.5) is 4.79 Å². The third-order valence-electron chi connectivity index (χ3n) is 5.67. The zero-order valence-corrected chi connectivity index (χ0v) is 19.7. The van der Waals surface area contributed by atoms with Crippen molar-refractivity contribution in [2.24, 2.45) is 0 Å². The molecule has 3 rings (SSSR count). The van der Waals surface area contributed by atoms with Crippen molar-refractivity contribution in [1.82, 2.24) is 15.1 Å². The van der Waals surface area contributed by atoms with Crippen LogP contribution >= 0.6 is 11.6 Å². The molecule has 1 aliphatic rings. The molecule has 1 heterocycles. The van der Waals surface area contributed by atoms with E-state index < -0.39 is 11.6 Å². The molecule has 1 fully saturated rings. The van der Waals surface area contributed by atoms with E-state index in [1.807, 2.05) is 42.3 Å². The van der Waals surface area contributed by atoms with E-state index in [1.165, 1.54) is 10.5 Å². The number of carbonyl (C=O) groups is 2. The highest BCUT2D eigenvalue weighted by Crippen LogP contribution is 2.31. The molecule has 1 saturated heterocycles. The highest BCUT2D eigenvalue weighted by atomic mass is 35.5. The lowest BCUT2D eigenvalue weighted by atomic mass is 9.84. The minimum absolute atomic E-state index is 0.0124. The van der Waals surface area contributed by atoms with Crippen molar-refractivity contribution in [2.45, 2.75) is 45.2 Å². The molecule has 0 aliphatic carbocycles. The number of methoxy groups -OCH3 is 1. The lowest BCUT2D eigenvalue weighted by Crippen LogP contribution is -2.42. The predicted molar refractivity (Wildman–Crippen MR) is 122 cm³/mol. The number of nitrogens with one attached hydrogen (secondary N) is 1. The van der Waals surface area contributed by atoms with Gasteiger partial charge in [-0.25, -0.2) is 9.69 Å². The summed E-state index contributed by atoms with van der Waals surface area (Å²) in [7, 11) is 3.44. The number of amides is 3. The highest BCUT2D eigenvalue weighted by molar-refractivity contribution is 6.30. The summed E-state index contributed by atoms with van der Waals surface area (Å²) < 4.78 is 5.39. The number of rotatable bonds is 6. The molecule has 7 heteroatoms. The molecule has 0 saturated carbocycles. The quantitative estimate of drug-likeness (QED) is 0.667. The van der Waals surface area contributed by atoms with Gasteiger partial charge in [0.05, 0.1) is 13.8 Å². The van der Waals surface area contributed by atoms with E-state index in [4.69, 9.17) is 16.3 Å². The van der Waals surface area contributed by atoms with Crippen LogP contribution in [0.15, 0.2) is 42.5 Å². The Morgan fingerprint density at radius 3 is 2.35 bits per heavy atom. The summed E-state index contributed by atoms with van der Waals surface area (Å²) in [5.74, 6) is 0.433. The van der Waals surface area contributed by atoms with Crippen molar-refractivity contribution in [3.05, 3.63) is 64.2 Å². The van der Waals surface area contributed by atoms with Gasteiger partial charge in [0.25, 0.3) is 5.91 Å². The first-order valence-corrected chi connectivity index (χ1v) is 10.6. The van der Waals surface area contributed by atoms with E-state index in [2.05, 4.69) is 26.1 Å². The van der Waals surface area contributed by atoms with E-state index in [0.29, 0.717) is 17.3 Å². The third kappa shape index (κ3) is 4.70.